The Kier molecular flexibility index (Phi) is 6.03. The summed E-state index contributed by atoms with van der Waals surface area (Å²) in [5, 5.41) is 0. The van der Waals surface area contributed by atoms with Gasteiger partial charge in [-0.05, 0) is 75.8 Å². The number of nitrogens with zero attached hydrogens (tertiary/aromatic N) is 2. The minimum absolute atomic E-state index is 0.0820. The molecule has 2 aliphatic heterocycles. The van der Waals surface area contributed by atoms with Crippen molar-refractivity contribution in [1.82, 2.24) is 4.90 Å². The number of carbonyl (C=O) groups is 2. The van der Waals surface area contributed by atoms with Crippen LogP contribution >= 0.6 is 0 Å². The second kappa shape index (κ2) is 8.67. The molecule has 1 aromatic carbocycles. The summed E-state index contributed by atoms with van der Waals surface area (Å²) in [7, 11) is 0. The van der Waals surface area contributed by atoms with E-state index in [1.54, 1.807) is 0 Å². The molecule has 0 bridgehead atoms. The second-order valence-electron chi connectivity index (χ2n) is 8.86. The highest BCUT2D eigenvalue weighted by Gasteiger charge is 2.36. The summed E-state index contributed by atoms with van der Waals surface area (Å²) >= 11 is 0. The molecule has 28 heavy (non-hydrogen) atoms. The van der Waals surface area contributed by atoms with Crippen molar-refractivity contribution in [3.8, 4) is 0 Å². The number of carbonyl (C=O) groups excluding carboxylic acids is 2. The van der Waals surface area contributed by atoms with E-state index in [-0.39, 0.29) is 17.7 Å². The van der Waals surface area contributed by atoms with Gasteiger partial charge in [0.1, 0.15) is 0 Å². The summed E-state index contributed by atoms with van der Waals surface area (Å²) in [4.78, 5) is 30.5. The normalized spacial score (nSPS) is 28.0. The van der Waals surface area contributed by atoms with Gasteiger partial charge in [0, 0.05) is 36.7 Å². The Labute approximate surface area is 169 Å². The van der Waals surface area contributed by atoms with Crippen molar-refractivity contribution < 1.29 is 9.59 Å². The van der Waals surface area contributed by atoms with Gasteiger partial charge >= 0.3 is 0 Å². The Morgan fingerprint density at radius 2 is 1.61 bits per heavy atom. The molecule has 0 spiro atoms. The molecule has 2 fully saturated rings. The van der Waals surface area contributed by atoms with Gasteiger partial charge in [-0.15, -0.1) is 0 Å². The Hall–Kier alpha value is -1.84. The van der Waals surface area contributed by atoms with E-state index in [1.807, 2.05) is 11.0 Å². The third-order valence-corrected chi connectivity index (χ3v) is 7.18. The van der Waals surface area contributed by atoms with Crippen LogP contribution in [0.15, 0.2) is 24.3 Å². The lowest BCUT2D eigenvalue weighted by Crippen LogP contribution is -2.47. The zero-order chi connectivity index (χ0) is 19.5. The molecule has 4 heteroatoms. The van der Waals surface area contributed by atoms with Crippen molar-refractivity contribution in [2.45, 2.75) is 77.2 Å². The van der Waals surface area contributed by atoms with Crippen LogP contribution in [0.4, 0.5) is 5.69 Å². The van der Waals surface area contributed by atoms with E-state index in [4.69, 9.17) is 0 Å². The monoisotopic (exact) mass is 382 g/mol. The number of rotatable bonds is 3. The lowest BCUT2D eigenvalue weighted by atomic mass is 9.80. The van der Waals surface area contributed by atoms with E-state index in [1.165, 1.54) is 12.0 Å². The number of piperidine rings is 1. The van der Waals surface area contributed by atoms with Crippen molar-refractivity contribution in [3.63, 3.8) is 0 Å². The second-order valence-corrected chi connectivity index (χ2v) is 8.86. The van der Waals surface area contributed by atoms with E-state index in [0.717, 1.165) is 76.6 Å². The first-order valence-electron chi connectivity index (χ1n) is 11.4. The molecule has 1 aromatic rings. The summed E-state index contributed by atoms with van der Waals surface area (Å²) in [6.45, 7) is 3.96. The van der Waals surface area contributed by atoms with E-state index in [9.17, 15) is 9.59 Å². The number of likely N-dealkylation sites (tertiary alicyclic amines) is 1. The minimum Gasteiger partial charge on any atom is -0.339 e. The fraction of sp³-hybridized carbons (Fsp3) is 0.667. The number of hydrogen-bond donors (Lipinski definition) is 0. The van der Waals surface area contributed by atoms with E-state index >= 15 is 0 Å². The Morgan fingerprint density at radius 3 is 2.36 bits per heavy atom. The number of benzene rings is 1. The maximum absolute atomic E-state index is 13.2. The van der Waals surface area contributed by atoms with Crippen molar-refractivity contribution in [3.05, 3.63) is 29.8 Å². The van der Waals surface area contributed by atoms with Crippen LogP contribution in [0.3, 0.4) is 0 Å². The van der Waals surface area contributed by atoms with Gasteiger partial charge in [-0.3, -0.25) is 9.59 Å². The van der Waals surface area contributed by atoms with Gasteiger partial charge in [0.2, 0.25) is 11.8 Å². The maximum Gasteiger partial charge on any atom is 0.230 e. The summed E-state index contributed by atoms with van der Waals surface area (Å²) in [5.74, 6) is 0.853. The molecule has 1 unspecified atom stereocenters. The third kappa shape index (κ3) is 3.83. The molecule has 4 rings (SSSR count). The fourth-order valence-corrected chi connectivity index (χ4v) is 5.52. The first-order valence-corrected chi connectivity index (χ1v) is 11.4. The van der Waals surface area contributed by atoms with Crippen LogP contribution < -0.4 is 4.90 Å². The number of anilines is 1. The van der Waals surface area contributed by atoms with Gasteiger partial charge in [-0.2, -0.15) is 0 Å². The molecule has 1 aliphatic carbocycles. The average Bonchev–Trinajstić information content (AvgIpc) is 2.77. The van der Waals surface area contributed by atoms with Crippen LogP contribution in [0.2, 0.25) is 0 Å². The number of hydrogen-bond acceptors (Lipinski definition) is 2. The van der Waals surface area contributed by atoms with Crippen LogP contribution in [0.5, 0.6) is 0 Å². The molecule has 4 nitrogen and oxygen atoms in total. The first kappa shape index (κ1) is 19.5. The standard InChI is InChI=1S/C24H34N2O2/c1-2-21-10-5-6-16-25(21)23(27)19-12-14-20(15-13-19)24(28)26-17-7-9-18-8-3-4-11-22(18)26/h3-4,8,11,19-21H,2,5-7,9-10,12-17H2,1H3. The summed E-state index contributed by atoms with van der Waals surface area (Å²) in [5.41, 5.74) is 2.40. The lowest BCUT2D eigenvalue weighted by molar-refractivity contribution is -0.141. The molecule has 152 valence electrons. The van der Waals surface area contributed by atoms with E-state index < -0.39 is 0 Å². The Morgan fingerprint density at radius 1 is 0.893 bits per heavy atom. The molecule has 2 heterocycles. The molecule has 3 aliphatic rings. The van der Waals surface area contributed by atoms with Crippen molar-refractivity contribution in [2.24, 2.45) is 11.8 Å². The van der Waals surface area contributed by atoms with Gasteiger partial charge in [-0.25, -0.2) is 0 Å². The number of fused-ring (bicyclic) bond motifs is 1. The highest BCUT2D eigenvalue weighted by Crippen LogP contribution is 2.35. The van der Waals surface area contributed by atoms with Gasteiger partial charge in [0.15, 0.2) is 0 Å². The zero-order valence-corrected chi connectivity index (χ0v) is 17.2. The molecule has 1 saturated heterocycles. The highest BCUT2D eigenvalue weighted by molar-refractivity contribution is 5.96. The van der Waals surface area contributed by atoms with Crippen molar-refractivity contribution in [1.29, 1.82) is 0 Å². The van der Waals surface area contributed by atoms with Gasteiger partial charge in [0.05, 0.1) is 0 Å². The minimum atomic E-state index is 0.0820. The van der Waals surface area contributed by atoms with Crippen LogP contribution in [0.25, 0.3) is 0 Å². The molecule has 0 aromatic heterocycles. The predicted molar refractivity (Wildman–Crippen MR) is 112 cm³/mol. The maximum atomic E-state index is 13.2. The lowest BCUT2D eigenvalue weighted by Gasteiger charge is -2.39. The molecule has 2 amide bonds. The number of para-hydroxylation sites is 1. The number of amides is 2. The number of aryl methyl sites for hydroxylation is 1. The Balaban J connectivity index is 1.37. The van der Waals surface area contributed by atoms with Crippen LogP contribution in [-0.2, 0) is 16.0 Å². The fourth-order valence-electron chi connectivity index (χ4n) is 5.52. The Bertz CT molecular complexity index is 708. The molecular weight excluding hydrogens is 348 g/mol. The largest absolute Gasteiger partial charge is 0.339 e. The predicted octanol–water partition coefficient (Wildman–Crippen LogP) is 4.56. The van der Waals surface area contributed by atoms with Gasteiger partial charge in [-0.1, -0.05) is 25.1 Å². The van der Waals surface area contributed by atoms with Crippen molar-refractivity contribution in [2.75, 3.05) is 18.0 Å². The van der Waals surface area contributed by atoms with Gasteiger partial charge in [0.25, 0.3) is 0 Å². The quantitative estimate of drug-likeness (QED) is 0.769. The summed E-state index contributed by atoms with van der Waals surface area (Å²) < 4.78 is 0. The molecule has 1 atom stereocenters. The molecule has 0 radical (unpaired) electrons. The zero-order valence-electron chi connectivity index (χ0n) is 17.2. The molecular formula is C24H34N2O2. The van der Waals surface area contributed by atoms with E-state index in [2.05, 4.69) is 30.0 Å². The first-order chi connectivity index (χ1) is 13.7. The molecule has 0 N–H and O–H groups in total. The van der Waals surface area contributed by atoms with Crippen molar-refractivity contribution >= 4 is 17.5 Å². The highest BCUT2D eigenvalue weighted by atomic mass is 16.2. The topological polar surface area (TPSA) is 40.6 Å². The third-order valence-electron chi connectivity index (χ3n) is 7.18. The van der Waals surface area contributed by atoms with Crippen LogP contribution in [0, 0.1) is 11.8 Å². The SMILES string of the molecule is CCC1CCCCN1C(=O)C1CCC(C(=O)N2CCCc3ccccc32)CC1. The smallest absolute Gasteiger partial charge is 0.230 e. The van der Waals surface area contributed by atoms with Crippen LogP contribution in [-0.4, -0.2) is 35.8 Å². The summed E-state index contributed by atoms with van der Waals surface area (Å²) in [6.07, 6.45) is 10.2. The average molecular weight is 383 g/mol. The molecule has 1 saturated carbocycles. The van der Waals surface area contributed by atoms with Gasteiger partial charge < -0.3 is 9.80 Å². The summed E-state index contributed by atoms with van der Waals surface area (Å²) in [6, 6.07) is 8.76. The van der Waals surface area contributed by atoms with Crippen LogP contribution in [0.1, 0.15) is 70.3 Å². The van der Waals surface area contributed by atoms with E-state index in [0.29, 0.717) is 11.9 Å².